The second kappa shape index (κ2) is 5.54. The van der Waals surface area contributed by atoms with Gasteiger partial charge in [-0.15, -0.1) is 0 Å². The van der Waals surface area contributed by atoms with Gasteiger partial charge in [-0.25, -0.2) is 4.79 Å². The van der Waals surface area contributed by atoms with Gasteiger partial charge in [-0.3, -0.25) is 9.13 Å². The Bertz CT molecular complexity index is 475. The molecule has 20 heavy (non-hydrogen) atoms. The van der Waals surface area contributed by atoms with E-state index in [0.29, 0.717) is 0 Å². The molecule has 2 fully saturated rings. The molecule has 2 saturated carbocycles. The molecule has 112 valence electrons. The monoisotopic (exact) mass is 280 g/mol. The summed E-state index contributed by atoms with van der Waals surface area (Å²) >= 11 is 0. The molecule has 0 bridgehead atoms. The summed E-state index contributed by atoms with van der Waals surface area (Å²) in [5.74, 6) is -0.458. The Morgan fingerprint density at radius 1 is 0.700 bits per heavy atom. The molecule has 3 rings (SSSR count). The molecule has 1 aromatic heterocycles. The quantitative estimate of drug-likeness (QED) is 0.874. The molecule has 0 amide bonds. The summed E-state index contributed by atoms with van der Waals surface area (Å²) in [6.45, 7) is 0. The molecule has 2 aliphatic rings. The highest BCUT2D eigenvalue weighted by molar-refractivity contribution is 5.27. The zero-order valence-corrected chi connectivity index (χ0v) is 11.9. The average Bonchev–Trinajstić information content (AvgIpc) is 2.71. The van der Waals surface area contributed by atoms with Crippen molar-refractivity contribution in [3.8, 4) is 11.8 Å². The molecule has 0 atom stereocenters. The zero-order valence-electron chi connectivity index (χ0n) is 11.9. The van der Waals surface area contributed by atoms with Gasteiger partial charge >= 0.3 is 5.69 Å². The van der Waals surface area contributed by atoms with E-state index in [-0.39, 0.29) is 29.5 Å². The Balaban J connectivity index is 1.97. The van der Waals surface area contributed by atoms with Gasteiger partial charge in [-0.1, -0.05) is 38.5 Å². The Labute approximate surface area is 118 Å². The number of hydrogen-bond acceptors (Lipinski definition) is 3. The van der Waals surface area contributed by atoms with E-state index < -0.39 is 0 Å². The fourth-order valence-corrected chi connectivity index (χ4v) is 3.85. The molecule has 0 radical (unpaired) electrons. The lowest BCUT2D eigenvalue weighted by Gasteiger charge is -2.23. The number of nitrogens with zero attached hydrogens (tertiary/aromatic N) is 2. The van der Waals surface area contributed by atoms with Crippen molar-refractivity contribution in [3.63, 3.8) is 0 Å². The Morgan fingerprint density at radius 2 is 1.05 bits per heavy atom. The smallest absolute Gasteiger partial charge is 0.334 e. The van der Waals surface area contributed by atoms with Gasteiger partial charge in [-0.05, 0) is 25.7 Å². The molecule has 2 N–H and O–H groups in total. The molecule has 0 unspecified atom stereocenters. The van der Waals surface area contributed by atoms with Crippen molar-refractivity contribution >= 4 is 0 Å². The standard InChI is InChI=1S/C15H24N2O3/c18-13-14(19)17(12-9-5-2-6-10-12)15(20)16(13)11-7-3-1-4-8-11/h11-12,18-19H,1-10H2. The summed E-state index contributed by atoms with van der Waals surface area (Å²) in [6.07, 6.45) is 10.4. The predicted octanol–water partition coefficient (Wildman–Crippen LogP) is 3.07. The van der Waals surface area contributed by atoms with Gasteiger partial charge in [0, 0.05) is 12.1 Å². The molecule has 0 aliphatic heterocycles. The minimum absolute atomic E-state index is 0.0481. The summed E-state index contributed by atoms with van der Waals surface area (Å²) in [5, 5.41) is 20.3. The molecule has 0 saturated heterocycles. The van der Waals surface area contributed by atoms with Crippen LogP contribution in [-0.4, -0.2) is 19.3 Å². The highest BCUT2D eigenvalue weighted by Crippen LogP contribution is 2.37. The van der Waals surface area contributed by atoms with Crippen LogP contribution >= 0.6 is 0 Å². The molecular formula is C15H24N2O3. The predicted molar refractivity (Wildman–Crippen MR) is 76.3 cm³/mol. The Hall–Kier alpha value is -1.39. The molecule has 5 heteroatoms. The minimum atomic E-state index is -0.229. The van der Waals surface area contributed by atoms with E-state index in [1.165, 1.54) is 22.0 Å². The van der Waals surface area contributed by atoms with Crippen LogP contribution in [0.1, 0.15) is 76.3 Å². The van der Waals surface area contributed by atoms with Crippen LogP contribution in [-0.2, 0) is 0 Å². The van der Waals surface area contributed by atoms with Gasteiger partial charge in [-0.2, -0.15) is 0 Å². The molecule has 2 aliphatic carbocycles. The summed E-state index contributed by atoms with van der Waals surface area (Å²) in [5.41, 5.74) is -0.223. The molecule has 0 aromatic carbocycles. The van der Waals surface area contributed by atoms with Crippen LogP contribution in [0.2, 0.25) is 0 Å². The van der Waals surface area contributed by atoms with Crippen LogP contribution in [0.5, 0.6) is 11.8 Å². The van der Waals surface area contributed by atoms with Crippen molar-refractivity contribution in [1.29, 1.82) is 0 Å². The molecule has 1 heterocycles. The van der Waals surface area contributed by atoms with Gasteiger partial charge in [0.15, 0.2) is 0 Å². The van der Waals surface area contributed by atoms with Crippen molar-refractivity contribution < 1.29 is 10.2 Å². The van der Waals surface area contributed by atoms with Crippen LogP contribution in [0.15, 0.2) is 4.79 Å². The lowest BCUT2D eigenvalue weighted by atomic mass is 9.95. The first-order valence-electron chi connectivity index (χ1n) is 7.95. The Morgan fingerprint density at radius 3 is 1.40 bits per heavy atom. The van der Waals surface area contributed by atoms with E-state index in [2.05, 4.69) is 0 Å². The zero-order chi connectivity index (χ0) is 14.1. The number of aromatic nitrogens is 2. The largest absolute Gasteiger partial charge is 0.491 e. The topological polar surface area (TPSA) is 67.4 Å². The van der Waals surface area contributed by atoms with Gasteiger partial charge in [0.25, 0.3) is 11.8 Å². The lowest BCUT2D eigenvalue weighted by Crippen LogP contribution is -2.31. The maximum Gasteiger partial charge on any atom is 0.334 e. The van der Waals surface area contributed by atoms with Crippen LogP contribution in [0.3, 0.4) is 0 Å². The first-order valence-corrected chi connectivity index (χ1v) is 7.95. The summed E-state index contributed by atoms with van der Waals surface area (Å²) < 4.78 is 2.87. The van der Waals surface area contributed by atoms with Crippen LogP contribution < -0.4 is 5.69 Å². The van der Waals surface area contributed by atoms with Crippen molar-refractivity contribution in [2.75, 3.05) is 0 Å². The second-order valence-corrected chi connectivity index (χ2v) is 6.25. The number of aromatic hydroxyl groups is 2. The van der Waals surface area contributed by atoms with E-state index in [1.54, 1.807) is 0 Å². The fraction of sp³-hybridized carbons (Fsp3) is 0.800. The number of imidazole rings is 1. The summed E-state index contributed by atoms with van der Waals surface area (Å²) in [6, 6.07) is 0.0963. The third kappa shape index (κ3) is 2.23. The normalized spacial score (nSPS) is 22.2. The highest BCUT2D eigenvalue weighted by Gasteiger charge is 2.29. The first kappa shape index (κ1) is 13.6. The van der Waals surface area contributed by atoms with E-state index >= 15 is 0 Å². The summed E-state index contributed by atoms with van der Waals surface area (Å²) in [4.78, 5) is 12.6. The minimum Gasteiger partial charge on any atom is -0.491 e. The van der Waals surface area contributed by atoms with E-state index in [4.69, 9.17) is 0 Å². The average molecular weight is 280 g/mol. The molecular weight excluding hydrogens is 256 g/mol. The summed E-state index contributed by atoms with van der Waals surface area (Å²) in [7, 11) is 0. The third-order valence-electron chi connectivity index (χ3n) is 4.95. The third-order valence-corrected chi connectivity index (χ3v) is 4.95. The second-order valence-electron chi connectivity index (χ2n) is 6.25. The first-order chi connectivity index (χ1) is 9.70. The molecule has 0 spiro atoms. The van der Waals surface area contributed by atoms with Crippen molar-refractivity contribution in [1.82, 2.24) is 9.13 Å². The van der Waals surface area contributed by atoms with Crippen molar-refractivity contribution in [2.45, 2.75) is 76.3 Å². The van der Waals surface area contributed by atoms with E-state index in [1.807, 2.05) is 0 Å². The van der Waals surface area contributed by atoms with Gasteiger partial charge in [0.05, 0.1) is 0 Å². The SMILES string of the molecule is O=c1n(C2CCCCC2)c(O)c(O)n1C1CCCCC1. The van der Waals surface area contributed by atoms with Crippen molar-refractivity contribution in [3.05, 3.63) is 10.5 Å². The maximum absolute atomic E-state index is 12.6. The number of rotatable bonds is 2. The number of hydrogen-bond donors (Lipinski definition) is 2. The van der Waals surface area contributed by atoms with Gasteiger partial charge in [0.1, 0.15) is 0 Å². The highest BCUT2D eigenvalue weighted by atomic mass is 16.3. The lowest BCUT2D eigenvalue weighted by molar-refractivity contribution is 0.297. The van der Waals surface area contributed by atoms with Crippen LogP contribution in [0.4, 0.5) is 0 Å². The van der Waals surface area contributed by atoms with E-state index in [0.717, 1.165) is 51.4 Å². The van der Waals surface area contributed by atoms with Gasteiger partial charge in [0.2, 0.25) is 0 Å². The van der Waals surface area contributed by atoms with E-state index in [9.17, 15) is 15.0 Å². The van der Waals surface area contributed by atoms with Crippen LogP contribution in [0, 0.1) is 0 Å². The Kier molecular flexibility index (Phi) is 3.76. The van der Waals surface area contributed by atoms with Crippen LogP contribution in [0.25, 0.3) is 0 Å². The fourth-order valence-electron chi connectivity index (χ4n) is 3.85. The molecule has 5 nitrogen and oxygen atoms in total. The maximum atomic E-state index is 12.6. The molecule has 1 aromatic rings. The van der Waals surface area contributed by atoms with Gasteiger partial charge < -0.3 is 10.2 Å². The van der Waals surface area contributed by atoms with Crippen molar-refractivity contribution in [2.24, 2.45) is 0 Å².